The van der Waals surface area contributed by atoms with E-state index in [1.807, 2.05) is 23.6 Å². The van der Waals surface area contributed by atoms with Crippen LogP contribution in [0.4, 0.5) is 0 Å². The molecule has 2 aromatic heterocycles. The molecule has 0 aromatic carbocycles. The number of carbonyl (C=O) groups excluding carboxylic acids is 1. The van der Waals surface area contributed by atoms with Gasteiger partial charge in [-0.1, -0.05) is 6.07 Å². The third-order valence-electron chi connectivity index (χ3n) is 1.96. The maximum absolute atomic E-state index is 11.7. The molecular weight excluding hydrogens is 276 g/mol. The SMILES string of the molecule is NC(CCl)=NC(=O)c1ccc(-c2cccs2)s1. The second kappa shape index (κ2) is 5.44. The first-order valence-electron chi connectivity index (χ1n) is 4.77. The standard InChI is InChI=1S/C11H9ClN2OS2/c12-6-10(13)14-11(15)9-4-3-8(17-9)7-2-1-5-16-7/h1-5H,6H2,(H2,13,14,15). The Hall–Kier alpha value is -1.17. The lowest BCUT2D eigenvalue weighted by Gasteiger charge is -1.92. The first kappa shape index (κ1) is 12.3. The van der Waals surface area contributed by atoms with Gasteiger partial charge < -0.3 is 5.73 Å². The van der Waals surface area contributed by atoms with E-state index in [0.717, 1.165) is 9.75 Å². The van der Waals surface area contributed by atoms with Crippen molar-refractivity contribution in [2.75, 3.05) is 5.88 Å². The number of amides is 1. The quantitative estimate of drug-likeness (QED) is 0.534. The van der Waals surface area contributed by atoms with Crippen molar-refractivity contribution < 1.29 is 4.79 Å². The Labute approximate surface area is 112 Å². The van der Waals surface area contributed by atoms with Crippen LogP contribution in [-0.4, -0.2) is 17.6 Å². The molecule has 0 fully saturated rings. The molecule has 0 saturated carbocycles. The molecule has 0 radical (unpaired) electrons. The zero-order valence-corrected chi connectivity index (χ0v) is 11.1. The van der Waals surface area contributed by atoms with Crippen molar-refractivity contribution in [1.29, 1.82) is 0 Å². The van der Waals surface area contributed by atoms with Gasteiger partial charge in [0.25, 0.3) is 5.91 Å². The number of hydrogen-bond acceptors (Lipinski definition) is 3. The third kappa shape index (κ3) is 2.94. The van der Waals surface area contributed by atoms with Crippen LogP contribution in [0.15, 0.2) is 34.6 Å². The number of rotatable bonds is 3. The predicted molar refractivity (Wildman–Crippen MR) is 74.3 cm³/mol. The Bertz CT molecular complexity index is 546. The van der Waals surface area contributed by atoms with E-state index in [-0.39, 0.29) is 17.6 Å². The summed E-state index contributed by atoms with van der Waals surface area (Å²) >= 11 is 8.51. The van der Waals surface area contributed by atoms with E-state index in [4.69, 9.17) is 17.3 Å². The first-order chi connectivity index (χ1) is 8.20. The highest BCUT2D eigenvalue weighted by Crippen LogP contribution is 2.31. The molecule has 2 rings (SSSR count). The summed E-state index contributed by atoms with van der Waals surface area (Å²) in [5.41, 5.74) is 5.42. The van der Waals surface area contributed by atoms with E-state index in [1.54, 1.807) is 17.4 Å². The molecule has 1 amide bonds. The molecule has 0 saturated heterocycles. The van der Waals surface area contributed by atoms with Crippen LogP contribution in [0.5, 0.6) is 0 Å². The van der Waals surface area contributed by atoms with Crippen molar-refractivity contribution in [3.8, 4) is 9.75 Å². The highest BCUT2D eigenvalue weighted by molar-refractivity contribution is 7.22. The molecule has 0 unspecified atom stereocenters. The maximum atomic E-state index is 11.7. The number of alkyl halides is 1. The lowest BCUT2D eigenvalue weighted by atomic mass is 10.3. The number of nitrogens with zero attached hydrogens (tertiary/aromatic N) is 1. The Morgan fingerprint density at radius 3 is 2.82 bits per heavy atom. The minimum atomic E-state index is -0.337. The molecule has 0 bridgehead atoms. The van der Waals surface area contributed by atoms with Crippen molar-refractivity contribution in [2.45, 2.75) is 0 Å². The number of nitrogens with two attached hydrogens (primary N) is 1. The van der Waals surface area contributed by atoms with E-state index in [1.165, 1.54) is 11.3 Å². The minimum Gasteiger partial charge on any atom is -0.386 e. The van der Waals surface area contributed by atoms with Crippen LogP contribution in [0.25, 0.3) is 9.75 Å². The summed E-state index contributed by atoms with van der Waals surface area (Å²) < 4.78 is 0. The van der Waals surface area contributed by atoms with E-state index < -0.39 is 0 Å². The molecule has 2 N–H and O–H groups in total. The second-order valence-electron chi connectivity index (χ2n) is 3.18. The van der Waals surface area contributed by atoms with Crippen LogP contribution in [0.3, 0.4) is 0 Å². The number of carbonyl (C=O) groups is 1. The highest BCUT2D eigenvalue weighted by atomic mass is 35.5. The zero-order chi connectivity index (χ0) is 12.3. The predicted octanol–water partition coefficient (Wildman–Crippen LogP) is 3.21. The summed E-state index contributed by atoms with van der Waals surface area (Å²) in [5.74, 6) is -0.131. The summed E-state index contributed by atoms with van der Waals surface area (Å²) in [6, 6.07) is 7.66. The fraction of sp³-hybridized carbons (Fsp3) is 0.0909. The lowest BCUT2D eigenvalue weighted by Crippen LogP contribution is -2.15. The van der Waals surface area contributed by atoms with Crippen LogP contribution in [0.2, 0.25) is 0 Å². The van der Waals surface area contributed by atoms with Crippen molar-refractivity contribution in [3.05, 3.63) is 34.5 Å². The molecule has 2 heterocycles. The van der Waals surface area contributed by atoms with Gasteiger partial charge in [0.1, 0.15) is 5.84 Å². The largest absolute Gasteiger partial charge is 0.386 e. The molecular formula is C11H9ClN2OS2. The third-order valence-corrected chi connectivity index (χ3v) is 4.38. The van der Waals surface area contributed by atoms with Gasteiger partial charge in [-0.25, -0.2) is 0 Å². The molecule has 88 valence electrons. The molecule has 2 aromatic rings. The number of hydrogen-bond donors (Lipinski definition) is 1. The fourth-order valence-electron chi connectivity index (χ4n) is 1.22. The van der Waals surface area contributed by atoms with Gasteiger partial charge >= 0.3 is 0 Å². The molecule has 0 spiro atoms. The first-order valence-corrected chi connectivity index (χ1v) is 7.01. The monoisotopic (exact) mass is 284 g/mol. The van der Waals surface area contributed by atoms with Gasteiger partial charge in [0, 0.05) is 9.75 Å². The van der Waals surface area contributed by atoms with Gasteiger partial charge in [0.05, 0.1) is 10.8 Å². The average Bonchev–Trinajstić information content (AvgIpc) is 2.98. The molecule has 0 aliphatic heterocycles. The number of amidine groups is 1. The van der Waals surface area contributed by atoms with E-state index >= 15 is 0 Å². The van der Waals surface area contributed by atoms with Crippen molar-refractivity contribution in [3.63, 3.8) is 0 Å². The Morgan fingerprint density at radius 2 is 2.18 bits per heavy atom. The number of halogens is 1. The van der Waals surface area contributed by atoms with Crippen molar-refractivity contribution >= 4 is 46.0 Å². The summed E-state index contributed by atoms with van der Waals surface area (Å²) in [4.78, 5) is 18.2. The van der Waals surface area contributed by atoms with Crippen LogP contribution in [-0.2, 0) is 0 Å². The fourth-order valence-corrected chi connectivity index (χ4v) is 3.00. The van der Waals surface area contributed by atoms with Crippen molar-refractivity contribution in [2.24, 2.45) is 10.7 Å². The molecule has 17 heavy (non-hydrogen) atoms. The van der Waals surface area contributed by atoms with Gasteiger partial charge in [-0.05, 0) is 23.6 Å². The minimum absolute atomic E-state index is 0.0644. The number of aliphatic imine (C=N–C) groups is 1. The summed E-state index contributed by atoms with van der Waals surface area (Å²) in [6.45, 7) is 0. The lowest BCUT2D eigenvalue weighted by molar-refractivity contribution is 0.101. The maximum Gasteiger partial charge on any atom is 0.288 e. The Morgan fingerprint density at radius 1 is 1.35 bits per heavy atom. The van der Waals surface area contributed by atoms with Crippen LogP contribution in [0.1, 0.15) is 9.67 Å². The van der Waals surface area contributed by atoms with Gasteiger partial charge in [-0.15, -0.1) is 34.3 Å². The molecule has 0 atom stereocenters. The summed E-state index contributed by atoms with van der Waals surface area (Å²) in [7, 11) is 0. The van der Waals surface area contributed by atoms with Crippen LogP contribution < -0.4 is 5.73 Å². The van der Waals surface area contributed by atoms with Crippen molar-refractivity contribution in [1.82, 2.24) is 0 Å². The summed E-state index contributed by atoms with van der Waals surface area (Å²) in [5, 5.41) is 2.00. The molecule has 3 nitrogen and oxygen atoms in total. The van der Waals surface area contributed by atoms with Crippen LogP contribution >= 0.6 is 34.3 Å². The topological polar surface area (TPSA) is 55.4 Å². The molecule has 0 aliphatic carbocycles. The second-order valence-corrected chi connectivity index (χ2v) is 5.48. The Balaban J connectivity index is 2.22. The normalized spacial score (nSPS) is 11.7. The van der Waals surface area contributed by atoms with Gasteiger partial charge in [-0.2, -0.15) is 4.99 Å². The van der Waals surface area contributed by atoms with Crippen LogP contribution in [0, 0.1) is 0 Å². The van der Waals surface area contributed by atoms with E-state index in [9.17, 15) is 4.79 Å². The molecule has 0 aliphatic rings. The number of thiophene rings is 2. The van der Waals surface area contributed by atoms with Gasteiger partial charge in [0.2, 0.25) is 0 Å². The van der Waals surface area contributed by atoms with E-state index in [2.05, 4.69) is 4.99 Å². The molecule has 6 heteroatoms. The van der Waals surface area contributed by atoms with Gasteiger partial charge in [-0.3, -0.25) is 4.79 Å². The average molecular weight is 285 g/mol. The Kier molecular flexibility index (Phi) is 3.93. The highest BCUT2D eigenvalue weighted by Gasteiger charge is 2.10. The summed E-state index contributed by atoms with van der Waals surface area (Å²) in [6.07, 6.45) is 0. The zero-order valence-electron chi connectivity index (χ0n) is 8.72. The smallest absolute Gasteiger partial charge is 0.288 e. The van der Waals surface area contributed by atoms with Gasteiger partial charge in [0.15, 0.2) is 0 Å². The van der Waals surface area contributed by atoms with E-state index in [0.29, 0.717) is 4.88 Å².